The van der Waals surface area contributed by atoms with Crippen LogP contribution in [0.1, 0.15) is 21.7 Å². The fraction of sp³-hybridized carbons (Fsp3) is 0.185. The van der Waals surface area contributed by atoms with E-state index in [0.29, 0.717) is 23.7 Å². The van der Waals surface area contributed by atoms with Gasteiger partial charge in [0.2, 0.25) is 5.91 Å². The number of hydrogen-bond donors (Lipinski definition) is 2. The Morgan fingerprint density at radius 3 is 2.80 bits per heavy atom. The quantitative estimate of drug-likeness (QED) is 0.420. The minimum atomic E-state index is -0.858. The monoisotopic (exact) mass is 490 g/mol. The fourth-order valence-corrected chi connectivity index (χ4v) is 4.53. The van der Waals surface area contributed by atoms with Crippen molar-refractivity contribution in [2.75, 3.05) is 18.1 Å². The summed E-state index contributed by atoms with van der Waals surface area (Å²) in [5.74, 6) is 1.04. The molecular weight excluding hydrogens is 468 g/mol. The molecule has 0 radical (unpaired) electrons. The summed E-state index contributed by atoms with van der Waals surface area (Å²) >= 11 is 6.48. The smallest absolute Gasteiger partial charge is 0.260 e. The molecule has 2 N–H and O–H groups in total. The molecule has 2 aromatic carbocycles. The minimum absolute atomic E-state index is 0.114. The molecule has 0 aromatic heterocycles. The summed E-state index contributed by atoms with van der Waals surface area (Å²) in [6.07, 6.45) is 0.183. The van der Waals surface area contributed by atoms with Crippen LogP contribution < -0.4 is 15.0 Å². The summed E-state index contributed by atoms with van der Waals surface area (Å²) in [7, 11) is 0. The molecule has 3 aliphatic rings. The summed E-state index contributed by atoms with van der Waals surface area (Å²) < 4.78 is 11.4. The van der Waals surface area contributed by atoms with Crippen LogP contribution in [0.15, 0.2) is 77.2 Å². The van der Waals surface area contributed by atoms with E-state index in [1.807, 2.05) is 54.6 Å². The molecule has 0 spiro atoms. The van der Waals surface area contributed by atoms with Gasteiger partial charge in [0.1, 0.15) is 29.9 Å². The Morgan fingerprint density at radius 2 is 1.97 bits per heavy atom. The number of carbonyl (C=O) groups excluding carboxylic acids is 2. The molecule has 8 heteroatoms. The highest BCUT2D eigenvalue weighted by Gasteiger charge is 2.36. The summed E-state index contributed by atoms with van der Waals surface area (Å²) in [5.41, 5.74) is 2.65. The van der Waals surface area contributed by atoms with E-state index in [1.165, 1.54) is 11.0 Å². The predicted molar refractivity (Wildman–Crippen MR) is 132 cm³/mol. The summed E-state index contributed by atoms with van der Waals surface area (Å²) in [5, 5.41) is 12.1. The maximum Gasteiger partial charge on any atom is 0.260 e. The van der Waals surface area contributed by atoms with Crippen molar-refractivity contribution in [3.8, 4) is 17.1 Å². The van der Waals surface area contributed by atoms with Crippen molar-refractivity contribution < 1.29 is 23.8 Å². The van der Waals surface area contributed by atoms with Crippen molar-refractivity contribution in [2.24, 2.45) is 0 Å². The Balaban J connectivity index is 1.55. The standard InChI is InChI=1S/C27H23ClN2O5/c28-22-14-19(34-13-12-31)10-11-21(22)27(33)30-23-6-2-1-4-18(23)16-29-26(32)24(30)15-20-9-8-17-5-3-7-25(17)35-20/h1-11,14,24,31H,12-13,15-16H2,(H,29,32). The van der Waals surface area contributed by atoms with Gasteiger partial charge in [-0.1, -0.05) is 41.9 Å². The van der Waals surface area contributed by atoms with E-state index < -0.39 is 11.9 Å². The molecule has 7 nitrogen and oxygen atoms in total. The third-order valence-electron chi connectivity index (χ3n) is 5.96. The third kappa shape index (κ3) is 4.60. The fourth-order valence-electron chi connectivity index (χ4n) is 4.27. The molecule has 178 valence electrons. The van der Waals surface area contributed by atoms with E-state index in [2.05, 4.69) is 5.32 Å². The summed E-state index contributed by atoms with van der Waals surface area (Å²) in [6.45, 7) is 0.278. The van der Waals surface area contributed by atoms with Crippen molar-refractivity contribution in [1.29, 1.82) is 0 Å². The number of anilines is 1. The lowest BCUT2D eigenvalue weighted by molar-refractivity contribution is -0.122. The highest BCUT2D eigenvalue weighted by atomic mass is 35.5. The number of hydrogen-bond acceptors (Lipinski definition) is 5. The van der Waals surface area contributed by atoms with Crippen LogP contribution in [-0.4, -0.2) is 36.2 Å². The average molecular weight is 491 g/mol. The molecule has 0 bridgehead atoms. The Kier molecular flexibility index (Phi) is 6.44. The first-order chi connectivity index (χ1) is 17.0. The Labute approximate surface area is 207 Å². The molecular formula is C27H23ClN2O5. The third-order valence-corrected chi connectivity index (χ3v) is 6.27. The van der Waals surface area contributed by atoms with Crippen molar-refractivity contribution in [2.45, 2.75) is 19.0 Å². The van der Waals surface area contributed by atoms with E-state index in [4.69, 9.17) is 25.9 Å². The molecule has 1 atom stereocenters. The molecule has 0 saturated carbocycles. The Morgan fingerprint density at radius 1 is 1.11 bits per heavy atom. The molecule has 5 rings (SSSR count). The van der Waals surface area contributed by atoms with E-state index in [0.717, 1.165) is 16.9 Å². The number of nitrogens with one attached hydrogen (secondary N) is 1. The second-order valence-electron chi connectivity index (χ2n) is 8.20. The number of ether oxygens (including phenoxy) is 1. The molecule has 1 unspecified atom stereocenters. The van der Waals surface area contributed by atoms with Crippen molar-refractivity contribution in [3.05, 3.63) is 94.7 Å². The lowest BCUT2D eigenvalue weighted by Crippen LogP contribution is -2.49. The van der Waals surface area contributed by atoms with Crippen LogP contribution in [0.4, 0.5) is 5.69 Å². The lowest BCUT2D eigenvalue weighted by Gasteiger charge is -2.30. The topological polar surface area (TPSA) is 92.0 Å². The maximum atomic E-state index is 13.9. The number of nitrogens with zero attached hydrogens (tertiary/aromatic N) is 1. The lowest BCUT2D eigenvalue weighted by atomic mass is 10.0. The molecule has 2 aromatic rings. The highest BCUT2D eigenvalue weighted by molar-refractivity contribution is 6.35. The van der Waals surface area contributed by atoms with Gasteiger partial charge in [-0.25, -0.2) is 0 Å². The van der Waals surface area contributed by atoms with E-state index in [1.54, 1.807) is 12.1 Å². The first-order valence-corrected chi connectivity index (χ1v) is 11.6. The van der Waals surface area contributed by atoms with E-state index >= 15 is 0 Å². The van der Waals surface area contributed by atoms with Gasteiger partial charge >= 0.3 is 0 Å². The van der Waals surface area contributed by atoms with Gasteiger partial charge in [-0.3, -0.25) is 14.5 Å². The van der Waals surface area contributed by atoms with Gasteiger partial charge in [0.15, 0.2) is 0 Å². The van der Waals surface area contributed by atoms with Gasteiger partial charge in [-0.2, -0.15) is 0 Å². The van der Waals surface area contributed by atoms with Crippen LogP contribution in [0.2, 0.25) is 5.02 Å². The zero-order valence-electron chi connectivity index (χ0n) is 18.7. The normalized spacial score (nSPS) is 15.4. The van der Waals surface area contributed by atoms with Gasteiger partial charge < -0.3 is 19.6 Å². The number of para-hydroxylation sites is 1. The van der Waals surface area contributed by atoms with Gasteiger partial charge in [0, 0.05) is 24.2 Å². The van der Waals surface area contributed by atoms with Crippen molar-refractivity contribution in [1.82, 2.24) is 5.32 Å². The number of aliphatic hydroxyl groups is 1. The van der Waals surface area contributed by atoms with Crippen LogP contribution in [0.25, 0.3) is 11.3 Å². The average Bonchev–Trinajstić information content (AvgIpc) is 3.29. The van der Waals surface area contributed by atoms with Crippen LogP contribution in [-0.2, 0) is 17.8 Å². The second kappa shape index (κ2) is 9.82. The number of carbonyl (C=O) groups is 2. The largest absolute Gasteiger partial charge is 0.491 e. The molecule has 2 aliphatic heterocycles. The van der Waals surface area contributed by atoms with Gasteiger partial charge in [-0.05, 0) is 48.0 Å². The first-order valence-electron chi connectivity index (χ1n) is 11.2. The van der Waals surface area contributed by atoms with Crippen molar-refractivity contribution in [3.63, 3.8) is 0 Å². The SMILES string of the molecule is O=C1NCc2ccccc2N(C(=O)c2ccc(OCCO)cc2Cl)C1Cc1ccc2cccc-2o1. The van der Waals surface area contributed by atoms with Gasteiger partial charge in [-0.15, -0.1) is 0 Å². The van der Waals surface area contributed by atoms with E-state index in [-0.39, 0.29) is 36.1 Å². The Bertz CT molecular complexity index is 1350. The number of benzene rings is 2. The molecule has 0 fully saturated rings. The minimum Gasteiger partial charge on any atom is -0.491 e. The van der Waals surface area contributed by atoms with Crippen molar-refractivity contribution >= 4 is 29.1 Å². The number of amides is 2. The summed E-state index contributed by atoms with van der Waals surface area (Å²) in [6, 6.07) is 20.7. The Hall–Kier alpha value is -3.81. The molecule has 0 saturated heterocycles. The summed E-state index contributed by atoms with van der Waals surface area (Å²) in [4.78, 5) is 28.7. The van der Waals surface area contributed by atoms with Crippen LogP contribution in [0.5, 0.6) is 5.75 Å². The van der Waals surface area contributed by atoms with Gasteiger partial charge in [0.25, 0.3) is 5.91 Å². The number of rotatable bonds is 6. The van der Waals surface area contributed by atoms with E-state index in [9.17, 15) is 9.59 Å². The van der Waals surface area contributed by atoms with Crippen LogP contribution >= 0.6 is 11.6 Å². The number of aliphatic hydroxyl groups excluding tert-OH is 1. The second-order valence-corrected chi connectivity index (χ2v) is 8.61. The molecule has 1 aliphatic carbocycles. The molecule has 2 heterocycles. The first kappa shape index (κ1) is 23.0. The number of halogens is 1. The number of fused-ring (bicyclic) bond motifs is 2. The van der Waals surface area contributed by atoms with Crippen LogP contribution in [0, 0.1) is 0 Å². The predicted octanol–water partition coefficient (Wildman–Crippen LogP) is 4.30. The van der Waals surface area contributed by atoms with Crippen LogP contribution in [0.3, 0.4) is 0 Å². The zero-order chi connectivity index (χ0) is 24.4. The zero-order valence-corrected chi connectivity index (χ0v) is 19.5. The maximum absolute atomic E-state index is 13.9. The highest BCUT2D eigenvalue weighted by Crippen LogP contribution is 2.32. The van der Waals surface area contributed by atoms with Gasteiger partial charge in [0.05, 0.1) is 17.2 Å². The molecule has 35 heavy (non-hydrogen) atoms. The molecule has 2 amide bonds.